The van der Waals surface area contributed by atoms with Crippen molar-refractivity contribution in [3.05, 3.63) is 0 Å². The van der Waals surface area contributed by atoms with E-state index in [4.69, 9.17) is 5.26 Å². The maximum Gasteiger partial charge on any atom is 0.0658 e. The Bertz CT molecular complexity index is 257. The molecule has 0 radical (unpaired) electrons. The van der Waals surface area contributed by atoms with Gasteiger partial charge in [0.15, 0.2) is 0 Å². The second kappa shape index (κ2) is 5.21. The van der Waals surface area contributed by atoms with Crippen LogP contribution in [-0.4, -0.2) is 0 Å². The van der Waals surface area contributed by atoms with Gasteiger partial charge in [0.2, 0.25) is 0 Å². The summed E-state index contributed by atoms with van der Waals surface area (Å²) in [6.07, 6.45) is 9.57. The van der Waals surface area contributed by atoms with Crippen LogP contribution in [0.5, 0.6) is 0 Å². The van der Waals surface area contributed by atoms with Crippen LogP contribution in [0.25, 0.3) is 0 Å². The van der Waals surface area contributed by atoms with Crippen molar-refractivity contribution in [1.29, 1.82) is 5.26 Å². The number of hydrogen-bond donors (Lipinski definition) is 0. The molecule has 0 aliphatic heterocycles. The highest BCUT2D eigenvalue weighted by Gasteiger charge is 2.33. The van der Waals surface area contributed by atoms with Crippen molar-refractivity contribution in [2.24, 2.45) is 29.6 Å². The molecule has 0 spiro atoms. The Hall–Kier alpha value is -0.510. The molecule has 0 heterocycles. The standard InChI is InChI=1S/C15H25N/c1-11-3-6-13(7-4-11)14-8-5-12(2)15(9-14)10-16/h11-15H,3-9H2,1-2H3. The SMILES string of the molecule is CC1CCC(C2CCC(C)C(C#N)C2)CC1. The Morgan fingerprint density at radius 2 is 1.50 bits per heavy atom. The summed E-state index contributed by atoms with van der Waals surface area (Å²) in [5.74, 6) is 3.75. The molecule has 16 heavy (non-hydrogen) atoms. The minimum Gasteiger partial charge on any atom is -0.198 e. The van der Waals surface area contributed by atoms with Crippen molar-refractivity contribution in [1.82, 2.24) is 0 Å². The van der Waals surface area contributed by atoms with Crippen LogP contribution in [0.1, 0.15) is 58.8 Å². The highest BCUT2D eigenvalue weighted by atomic mass is 14.4. The summed E-state index contributed by atoms with van der Waals surface area (Å²) in [6.45, 7) is 4.64. The zero-order valence-electron chi connectivity index (χ0n) is 10.8. The van der Waals surface area contributed by atoms with Crippen molar-refractivity contribution >= 4 is 0 Å². The van der Waals surface area contributed by atoms with E-state index in [-0.39, 0.29) is 0 Å². The first-order valence-electron chi connectivity index (χ1n) is 7.10. The van der Waals surface area contributed by atoms with Crippen LogP contribution < -0.4 is 0 Å². The van der Waals surface area contributed by atoms with Crippen molar-refractivity contribution in [2.45, 2.75) is 58.8 Å². The Kier molecular flexibility index (Phi) is 3.90. The monoisotopic (exact) mass is 219 g/mol. The van der Waals surface area contributed by atoms with E-state index in [0.29, 0.717) is 11.8 Å². The molecule has 0 amide bonds. The molecule has 0 aromatic carbocycles. The lowest BCUT2D eigenvalue weighted by molar-refractivity contribution is 0.133. The van der Waals surface area contributed by atoms with Crippen molar-refractivity contribution in [3.63, 3.8) is 0 Å². The van der Waals surface area contributed by atoms with Gasteiger partial charge in [-0.15, -0.1) is 0 Å². The van der Waals surface area contributed by atoms with Crippen molar-refractivity contribution < 1.29 is 0 Å². The predicted molar refractivity (Wildman–Crippen MR) is 66.7 cm³/mol. The second-order valence-corrected chi connectivity index (χ2v) is 6.31. The molecule has 1 heteroatoms. The van der Waals surface area contributed by atoms with Gasteiger partial charge >= 0.3 is 0 Å². The number of hydrogen-bond acceptors (Lipinski definition) is 1. The van der Waals surface area contributed by atoms with Gasteiger partial charge in [-0.2, -0.15) is 5.26 Å². The van der Waals surface area contributed by atoms with Gasteiger partial charge in [-0.05, 0) is 55.8 Å². The van der Waals surface area contributed by atoms with Gasteiger partial charge in [0, 0.05) is 5.92 Å². The van der Waals surface area contributed by atoms with Crippen molar-refractivity contribution in [2.75, 3.05) is 0 Å². The first-order valence-corrected chi connectivity index (χ1v) is 7.10. The summed E-state index contributed by atoms with van der Waals surface area (Å²) in [5, 5.41) is 9.17. The Labute approximate surface area is 100 Å². The fourth-order valence-electron chi connectivity index (χ4n) is 3.72. The molecule has 2 aliphatic carbocycles. The normalized spacial score (nSPS) is 44.9. The molecule has 2 aliphatic rings. The molecule has 0 bridgehead atoms. The van der Waals surface area contributed by atoms with E-state index in [1.165, 1.54) is 44.9 Å². The van der Waals surface area contributed by atoms with Crippen LogP contribution in [0.2, 0.25) is 0 Å². The highest BCUT2D eigenvalue weighted by molar-refractivity contribution is 4.93. The molecular formula is C15H25N. The van der Waals surface area contributed by atoms with Crippen LogP contribution in [0.15, 0.2) is 0 Å². The maximum absolute atomic E-state index is 9.17. The lowest BCUT2D eigenvalue weighted by Crippen LogP contribution is -2.29. The fourth-order valence-corrected chi connectivity index (χ4v) is 3.72. The summed E-state index contributed by atoms with van der Waals surface area (Å²) in [6, 6.07) is 2.53. The van der Waals surface area contributed by atoms with Gasteiger partial charge < -0.3 is 0 Å². The summed E-state index contributed by atoms with van der Waals surface area (Å²) >= 11 is 0. The topological polar surface area (TPSA) is 23.8 Å². The Morgan fingerprint density at radius 1 is 0.875 bits per heavy atom. The Balaban J connectivity index is 1.88. The molecule has 90 valence electrons. The number of nitriles is 1. The molecule has 2 fully saturated rings. The van der Waals surface area contributed by atoms with E-state index in [0.717, 1.165) is 17.8 Å². The van der Waals surface area contributed by atoms with E-state index in [1.807, 2.05) is 0 Å². The molecule has 1 nitrogen and oxygen atoms in total. The molecule has 0 aromatic heterocycles. The average Bonchev–Trinajstić information content (AvgIpc) is 2.31. The third-order valence-electron chi connectivity index (χ3n) is 5.13. The van der Waals surface area contributed by atoms with Crippen LogP contribution in [0.3, 0.4) is 0 Å². The van der Waals surface area contributed by atoms with Crippen molar-refractivity contribution in [3.8, 4) is 6.07 Å². The van der Waals surface area contributed by atoms with Gasteiger partial charge in [0.05, 0.1) is 6.07 Å². The van der Waals surface area contributed by atoms with E-state index in [2.05, 4.69) is 19.9 Å². The number of nitrogens with zero attached hydrogens (tertiary/aromatic N) is 1. The van der Waals surface area contributed by atoms with Crippen LogP contribution in [0, 0.1) is 40.9 Å². The quantitative estimate of drug-likeness (QED) is 0.641. The van der Waals surface area contributed by atoms with Gasteiger partial charge in [-0.3, -0.25) is 0 Å². The summed E-state index contributed by atoms with van der Waals surface area (Å²) in [7, 11) is 0. The minimum absolute atomic E-state index is 0.345. The lowest BCUT2D eigenvalue weighted by atomic mass is 9.66. The highest BCUT2D eigenvalue weighted by Crippen LogP contribution is 2.43. The molecule has 2 saturated carbocycles. The molecular weight excluding hydrogens is 194 g/mol. The summed E-state index contributed by atoms with van der Waals surface area (Å²) in [5.41, 5.74) is 0. The fraction of sp³-hybridized carbons (Fsp3) is 0.933. The summed E-state index contributed by atoms with van der Waals surface area (Å²) in [4.78, 5) is 0. The first-order chi connectivity index (χ1) is 7.70. The molecule has 2 rings (SSSR count). The van der Waals surface area contributed by atoms with Gasteiger partial charge in [-0.25, -0.2) is 0 Å². The van der Waals surface area contributed by atoms with E-state index >= 15 is 0 Å². The molecule has 3 unspecified atom stereocenters. The smallest absolute Gasteiger partial charge is 0.0658 e. The largest absolute Gasteiger partial charge is 0.198 e. The van der Waals surface area contributed by atoms with Gasteiger partial charge in [0.1, 0.15) is 0 Å². The van der Waals surface area contributed by atoms with Gasteiger partial charge in [-0.1, -0.05) is 26.7 Å². The predicted octanol–water partition coefficient (Wildman–Crippen LogP) is 4.39. The molecule has 0 N–H and O–H groups in total. The third kappa shape index (κ3) is 2.59. The second-order valence-electron chi connectivity index (χ2n) is 6.31. The molecule has 3 atom stereocenters. The van der Waals surface area contributed by atoms with Crippen LogP contribution in [0.4, 0.5) is 0 Å². The lowest BCUT2D eigenvalue weighted by Gasteiger charge is -2.38. The van der Waals surface area contributed by atoms with E-state index in [9.17, 15) is 0 Å². The maximum atomic E-state index is 9.17. The minimum atomic E-state index is 0.345. The van der Waals surface area contributed by atoms with Crippen LogP contribution in [-0.2, 0) is 0 Å². The van der Waals surface area contributed by atoms with Gasteiger partial charge in [0.25, 0.3) is 0 Å². The average molecular weight is 219 g/mol. The molecule has 0 aromatic rings. The third-order valence-corrected chi connectivity index (χ3v) is 5.13. The zero-order valence-corrected chi connectivity index (χ0v) is 10.8. The van der Waals surface area contributed by atoms with E-state index < -0.39 is 0 Å². The Morgan fingerprint density at radius 3 is 2.12 bits per heavy atom. The molecule has 0 saturated heterocycles. The number of rotatable bonds is 1. The first kappa shape index (κ1) is 12.0. The van der Waals surface area contributed by atoms with Crippen LogP contribution >= 0.6 is 0 Å². The summed E-state index contributed by atoms with van der Waals surface area (Å²) < 4.78 is 0. The van der Waals surface area contributed by atoms with E-state index in [1.54, 1.807) is 0 Å². The zero-order chi connectivity index (χ0) is 11.5.